The maximum Gasteiger partial charge on any atom is 0.306 e. The molecule has 0 heterocycles. The van der Waals surface area contributed by atoms with E-state index in [0.717, 1.165) is 89.9 Å². The molecule has 0 aromatic carbocycles. The lowest BCUT2D eigenvalue weighted by molar-refractivity contribution is -0.161. The molecule has 1 atom stereocenters. The summed E-state index contributed by atoms with van der Waals surface area (Å²) in [7, 11) is 0. The van der Waals surface area contributed by atoms with Gasteiger partial charge in [-0.05, 0) is 70.6 Å². The third-order valence-electron chi connectivity index (χ3n) is 15.5. The molecule has 0 rings (SSSR count). The Bertz CT molecular complexity index is 1430. The molecule has 1 unspecified atom stereocenters. The largest absolute Gasteiger partial charge is 0.462 e. The minimum Gasteiger partial charge on any atom is -0.462 e. The van der Waals surface area contributed by atoms with Crippen molar-refractivity contribution >= 4 is 11.9 Å². The zero-order chi connectivity index (χ0) is 56.9. The highest BCUT2D eigenvalue weighted by molar-refractivity contribution is 5.70. The Morgan fingerprint density at radius 1 is 0.304 bits per heavy atom. The lowest BCUT2D eigenvalue weighted by Crippen LogP contribution is -2.28. The maximum absolute atomic E-state index is 12.3. The minimum absolute atomic E-state index is 0.0710. The van der Waals surface area contributed by atoms with Crippen LogP contribution >= 0.6 is 0 Å². The van der Waals surface area contributed by atoms with Gasteiger partial charge in [-0.25, -0.2) is 0 Å². The zero-order valence-corrected chi connectivity index (χ0v) is 52.6. The molecular weight excluding hydrogens is 969 g/mol. The molecule has 5 nitrogen and oxygen atoms in total. The monoisotopic (exact) mass is 1100 g/mol. The summed E-state index contributed by atoms with van der Waals surface area (Å²) >= 11 is 0. The number of unbranched alkanes of at least 4 members (excludes halogenated alkanes) is 42. The fraction of sp³-hybridized carbons (Fsp3) is 0.784. The number of carbonyl (C=O) groups is 2. The first-order valence-electron chi connectivity index (χ1n) is 34.6. The van der Waals surface area contributed by atoms with Gasteiger partial charge in [-0.1, -0.05) is 356 Å². The molecule has 0 saturated heterocycles. The third kappa shape index (κ3) is 67.5. The van der Waals surface area contributed by atoms with E-state index in [1.165, 1.54) is 238 Å². The van der Waals surface area contributed by atoms with Gasteiger partial charge in [-0.3, -0.25) is 9.59 Å². The Balaban J connectivity index is 3.45. The molecule has 0 spiro atoms. The molecule has 0 aliphatic rings. The van der Waals surface area contributed by atoms with Crippen LogP contribution in [0, 0.1) is 0 Å². The van der Waals surface area contributed by atoms with E-state index in [0.29, 0.717) is 12.8 Å². The van der Waals surface area contributed by atoms with E-state index in [1.807, 2.05) is 0 Å². The number of hydrogen-bond donors (Lipinski definition) is 1. The van der Waals surface area contributed by atoms with Gasteiger partial charge in [-0.15, -0.1) is 0 Å². The van der Waals surface area contributed by atoms with Gasteiger partial charge in [0.25, 0.3) is 0 Å². The van der Waals surface area contributed by atoms with Gasteiger partial charge in [0, 0.05) is 12.8 Å². The van der Waals surface area contributed by atoms with E-state index in [-0.39, 0.29) is 25.2 Å². The fourth-order valence-corrected chi connectivity index (χ4v) is 10.3. The van der Waals surface area contributed by atoms with Gasteiger partial charge in [0.2, 0.25) is 0 Å². The van der Waals surface area contributed by atoms with Gasteiger partial charge < -0.3 is 14.6 Å². The number of ether oxygens (including phenoxy) is 2. The van der Waals surface area contributed by atoms with Crippen LogP contribution < -0.4 is 0 Å². The van der Waals surface area contributed by atoms with Crippen molar-refractivity contribution in [2.75, 3.05) is 13.2 Å². The number of rotatable bonds is 64. The van der Waals surface area contributed by atoms with Crippen LogP contribution in [-0.4, -0.2) is 36.4 Å². The van der Waals surface area contributed by atoms with Crippen LogP contribution in [0.3, 0.4) is 0 Å². The standard InChI is InChI=1S/C74H132O5/c1-3-5-7-9-11-13-15-17-19-21-23-25-27-29-31-33-34-35-36-37-38-39-41-42-44-46-48-50-52-54-56-58-60-62-64-66-68-73(76)78-71-72(70-75)79-74(77)69-67-65-63-61-59-57-55-53-51-49-47-45-43-40-32-30-28-26-24-22-20-18-16-14-12-10-8-6-4-2/h6,8,12,14,18,20,24,26,30,32,43,45,49,51,72,75H,3-5,7,9-11,13,15-17,19,21-23,25,27-29,31,33-42,44,46-48,50,52-71H2,1-2H3/b8-6-,14-12-,20-18-,26-24-,32-30-,45-43-,51-49-. The fourth-order valence-electron chi connectivity index (χ4n) is 10.3. The van der Waals surface area contributed by atoms with E-state index < -0.39 is 6.10 Å². The van der Waals surface area contributed by atoms with Crippen LogP contribution in [0.15, 0.2) is 85.1 Å². The van der Waals surface area contributed by atoms with Crippen LogP contribution in [0.25, 0.3) is 0 Å². The first-order valence-corrected chi connectivity index (χ1v) is 34.6. The molecule has 0 radical (unpaired) electrons. The summed E-state index contributed by atoms with van der Waals surface area (Å²) in [5.74, 6) is -0.592. The maximum atomic E-state index is 12.3. The minimum atomic E-state index is -0.783. The summed E-state index contributed by atoms with van der Waals surface area (Å²) in [6.45, 7) is 4.06. The van der Waals surface area contributed by atoms with Gasteiger partial charge in [0.05, 0.1) is 6.61 Å². The number of hydrogen-bond acceptors (Lipinski definition) is 5. The number of aliphatic hydroxyl groups excluding tert-OH is 1. The SMILES string of the molecule is CC/C=C\C/C=C\C/C=C\C/C=C\C/C=C\C/C=C\C/C=C\CCCCCCCCCC(=O)OC(CO)COC(=O)CCCCCCCCCCCCCCCCCCCCCCCCCCCCCCCCCCCCCC. The third-order valence-corrected chi connectivity index (χ3v) is 15.5. The van der Waals surface area contributed by atoms with Gasteiger partial charge >= 0.3 is 11.9 Å². The molecule has 0 aliphatic heterocycles. The number of allylic oxidation sites excluding steroid dienone is 14. The average molecular weight is 1100 g/mol. The van der Waals surface area contributed by atoms with E-state index >= 15 is 0 Å². The van der Waals surface area contributed by atoms with Crippen LogP contribution in [0.2, 0.25) is 0 Å². The zero-order valence-electron chi connectivity index (χ0n) is 52.6. The highest BCUT2D eigenvalue weighted by Gasteiger charge is 2.16. The van der Waals surface area contributed by atoms with Crippen molar-refractivity contribution in [3.05, 3.63) is 85.1 Å². The van der Waals surface area contributed by atoms with Crippen molar-refractivity contribution in [3.8, 4) is 0 Å². The quantitative estimate of drug-likeness (QED) is 0.0373. The Morgan fingerprint density at radius 2 is 0.544 bits per heavy atom. The van der Waals surface area contributed by atoms with Crippen LogP contribution in [0.4, 0.5) is 0 Å². The molecule has 458 valence electrons. The van der Waals surface area contributed by atoms with E-state index in [9.17, 15) is 14.7 Å². The Morgan fingerprint density at radius 3 is 0.823 bits per heavy atom. The summed E-state index contributed by atoms with van der Waals surface area (Å²) in [4.78, 5) is 24.6. The molecule has 0 aromatic rings. The lowest BCUT2D eigenvalue weighted by Gasteiger charge is -2.15. The number of esters is 2. The van der Waals surface area contributed by atoms with E-state index in [1.54, 1.807) is 0 Å². The summed E-state index contributed by atoms with van der Waals surface area (Å²) in [5.41, 5.74) is 0. The van der Waals surface area contributed by atoms with Gasteiger partial charge in [0.15, 0.2) is 6.10 Å². The van der Waals surface area contributed by atoms with Gasteiger partial charge in [-0.2, -0.15) is 0 Å². The smallest absolute Gasteiger partial charge is 0.306 e. The molecule has 5 heteroatoms. The van der Waals surface area contributed by atoms with Crippen molar-refractivity contribution in [3.63, 3.8) is 0 Å². The summed E-state index contributed by atoms with van der Waals surface area (Å²) in [5, 5.41) is 9.69. The Kier molecular flexibility index (Phi) is 66.8. The summed E-state index contributed by atoms with van der Waals surface area (Å²) in [6, 6.07) is 0. The average Bonchev–Trinajstić information content (AvgIpc) is 3.45. The number of carbonyl (C=O) groups excluding carboxylic acids is 2. The van der Waals surface area contributed by atoms with Crippen molar-refractivity contribution < 1.29 is 24.2 Å². The molecule has 79 heavy (non-hydrogen) atoms. The second-order valence-corrected chi connectivity index (χ2v) is 23.2. The van der Waals surface area contributed by atoms with E-state index in [4.69, 9.17) is 9.47 Å². The summed E-state index contributed by atoms with van der Waals surface area (Å²) < 4.78 is 10.7. The van der Waals surface area contributed by atoms with Crippen molar-refractivity contribution in [1.82, 2.24) is 0 Å². The molecule has 0 bridgehead atoms. The predicted molar refractivity (Wildman–Crippen MR) is 348 cm³/mol. The summed E-state index contributed by atoms with van der Waals surface area (Å²) in [6.07, 6.45) is 97.6. The van der Waals surface area contributed by atoms with E-state index in [2.05, 4.69) is 98.9 Å². The van der Waals surface area contributed by atoms with Crippen LogP contribution in [0.5, 0.6) is 0 Å². The van der Waals surface area contributed by atoms with Crippen molar-refractivity contribution in [1.29, 1.82) is 0 Å². The molecular formula is C74H132O5. The van der Waals surface area contributed by atoms with Gasteiger partial charge in [0.1, 0.15) is 6.61 Å². The van der Waals surface area contributed by atoms with Crippen molar-refractivity contribution in [2.24, 2.45) is 0 Å². The second kappa shape index (κ2) is 69.3. The van der Waals surface area contributed by atoms with Crippen molar-refractivity contribution in [2.45, 2.75) is 360 Å². The first kappa shape index (κ1) is 76.1. The van der Waals surface area contributed by atoms with Crippen LogP contribution in [-0.2, 0) is 19.1 Å². The normalized spacial score (nSPS) is 12.7. The van der Waals surface area contributed by atoms with Crippen LogP contribution in [0.1, 0.15) is 354 Å². The Labute approximate surface area is 492 Å². The predicted octanol–water partition coefficient (Wildman–Crippen LogP) is 24.0. The number of aliphatic hydroxyl groups is 1. The molecule has 0 aliphatic carbocycles. The molecule has 0 saturated carbocycles. The molecule has 0 fully saturated rings. The Hall–Kier alpha value is -2.92. The molecule has 0 aromatic heterocycles. The molecule has 1 N–H and O–H groups in total. The highest BCUT2D eigenvalue weighted by atomic mass is 16.6. The topological polar surface area (TPSA) is 72.8 Å². The first-order chi connectivity index (χ1) is 39.1. The lowest BCUT2D eigenvalue weighted by atomic mass is 10.0. The highest BCUT2D eigenvalue weighted by Crippen LogP contribution is 2.18. The second-order valence-electron chi connectivity index (χ2n) is 23.2. The molecule has 0 amide bonds.